The van der Waals surface area contributed by atoms with E-state index in [0.29, 0.717) is 12.3 Å². The summed E-state index contributed by atoms with van der Waals surface area (Å²) < 4.78 is 2.12. The van der Waals surface area contributed by atoms with Gasteiger partial charge in [0.05, 0.1) is 22.4 Å². The molecule has 2 N–H and O–H groups in total. The highest BCUT2D eigenvalue weighted by Crippen LogP contribution is 2.30. The van der Waals surface area contributed by atoms with Crippen LogP contribution in [0.4, 0.5) is 0 Å². The molecule has 1 heterocycles. The molecule has 1 aromatic heterocycles. The number of nitrogens with zero attached hydrogens (tertiary/aromatic N) is 2. The Balaban J connectivity index is 1.60. The molecule has 6 heteroatoms. The Morgan fingerprint density at radius 1 is 1.45 bits per heavy atom. The molecule has 1 aliphatic carbocycles. The van der Waals surface area contributed by atoms with Crippen molar-refractivity contribution in [2.45, 2.75) is 43.5 Å². The van der Waals surface area contributed by atoms with E-state index >= 15 is 0 Å². The van der Waals surface area contributed by atoms with Crippen LogP contribution < -0.4 is 5.32 Å². The van der Waals surface area contributed by atoms with Crippen LogP contribution in [0.1, 0.15) is 26.2 Å². The molecule has 0 bridgehead atoms. The number of nitrogens with one attached hydrogen (secondary N) is 1. The van der Waals surface area contributed by atoms with E-state index < -0.39 is 5.60 Å². The first-order valence-corrected chi connectivity index (χ1v) is 8.67. The van der Waals surface area contributed by atoms with Gasteiger partial charge in [0, 0.05) is 13.1 Å². The average Bonchev–Trinajstić information content (AvgIpc) is 2.86. The number of amides is 1. The van der Waals surface area contributed by atoms with Gasteiger partial charge in [0.25, 0.3) is 0 Å². The topological polar surface area (TPSA) is 67.2 Å². The fraction of sp³-hybridized carbons (Fsp3) is 0.500. The van der Waals surface area contributed by atoms with E-state index in [0.717, 1.165) is 42.0 Å². The predicted octanol–water partition coefficient (Wildman–Crippen LogP) is 2.18. The minimum atomic E-state index is -0.670. The van der Waals surface area contributed by atoms with Crippen molar-refractivity contribution in [2.24, 2.45) is 0 Å². The van der Waals surface area contributed by atoms with Crippen molar-refractivity contribution in [2.75, 3.05) is 12.3 Å². The Morgan fingerprint density at radius 3 is 2.91 bits per heavy atom. The molecule has 0 atom stereocenters. The van der Waals surface area contributed by atoms with E-state index in [1.807, 2.05) is 24.3 Å². The molecule has 0 saturated heterocycles. The smallest absolute Gasteiger partial charge is 0.230 e. The number of aliphatic hydroxyl groups is 1. The Labute approximate surface area is 134 Å². The molecule has 2 aromatic rings. The van der Waals surface area contributed by atoms with Gasteiger partial charge in [-0.25, -0.2) is 4.98 Å². The van der Waals surface area contributed by atoms with Gasteiger partial charge in [0.1, 0.15) is 0 Å². The highest BCUT2D eigenvalue weighted by atomic mass is 32.2. The maximum Gasteiger partial charge on any atom is 0.230 e. The molecular formula is C16H21N3O2S. The number of benzene rings is 1. The molecule has 3 rings (SSSR count). The van der Waals surface area contributed by atoms with Gasteiger partial charge >= 0.3 is 0 Å². The van der Waals surface area contributed by atoms with Gasteiger partial charge in [-0.15, -0.1) is 0 Å². The first kappa shape index (κ1) is 15.4. The first-order valence-electron chi connectivity index (χ1n) is 7.68. The average molecular weight is 319 g/mol. The summed E-state index contributed by atoms with van der Waals surface area (Å²) in [5.74, 6) is 0.263. The molecule has 0 radical (unpaired) electrons. The van der Waals surface area contributed by atoms with Crippen LogP contribution in [0.2, 0.25) is 0 Å². The number of thioether (sulfide) groups is 1. The summed E-state index contributed by atoms with van der Waals surface area (Å²) in [6.07, 6.45) is 2.61. The van der Waals surface area contributed by atoms with Crippen LogP contribution in [0.25, 0.3) is 11.0 Å². The third kappa shape index (κ3) is 3.13. The fourth-order valence-corrected chi connectivity index (χ4v) is 3.58. The number of carbonyl (C=O) groups is 1. The zero-order chi connectivity index (χ0) is 15.6. The zero-order valence-electron chi connectivity index (χ0n) is 12.7. The van der Waals surface area contributed by atoms with E-state index in [1.54, 1.807) is 0 Å². The summed E-state index contributed by atoms with van der Waals surface area (Å²) in [6.45, 7) is 3.26. The van der Waals surface area contributed by atoms with Crippen LogP contribution in [0.5, 0.6) is 0 Å². The van der Waals surface area contributed by atoms with Crippen molar-refractivity contribution < 1.29 is 9.90 Å². The molecule has 5 nitrogen and oxygen atoms in total. The van der Waals surface area contributed by atoms with Gasteiger partial charge in [-0.3, -0.25) is 4.79 Å². The van der Waals surface area contributed by atoms with Crippen molar-refractivity contribution in [3.05, 3.63) is 24.3 Å². The highest BCUT2D eigenvalue weighted by molar-refractivity contribution is 7.99. The lowest BCUT2D eigenvalue weighted by Gasteiger charge is -2.36. The van der Waals surface area contributed by atoms with Crippen molar-refractivity contribution in [3.8, 4) is 0 Å². The largest absolute Gasteiger partial charge is 0.388 e. The van der Waals surface area contributed by atoms with Gasteiger partial charge in [0.2, 0.25) is 5.91 Å². The molecule has 118 valence electrons. The van der Waals surface area contributed by atoms with E-state index in [1.165, 1.54) is 11.8 Å². The summed E-state index contributed by atoms with van der Waals surface area (Å²) in [7, 11) is 0. The summed E-state index contributed by atoms with van der Waals surface area (Å²) in [5.41, 5.74) is 1.38. The van der Waals surface area contributed by atoms with Crippen LogP contribution in [0.15, 0.2) is 29.4 Å². The number of imidazole rings is 1. The highest BCUT2D eigenvalue weighted by Gasteiger charge is 2.34. The fourth-order valence-electron chi connectivity index (χ4n) is 2.68. The Kier molecular flexibility index (Phi) is 4.40. The van der Waals surface area contributed by atoms with Crippen LogP contribution >= 0.6 is 11.8 Å². The lowest BCUT2D eigenvalue weighted by atomic mass is 9.80. The maximum atomic E-state index is 11.9. The van der Waals surface area contributed by atoms with Gasteiger partial charge in [-0.05, 0) is 38.3 Å². The second-order valence-corrected chi connectivity index (χ2v) is 6.71. The Hall–Kier alpha value is -1.53. The molecule has 1 saturated carbocycles. The van der Waals surface area contributed by atoms with Crippen molar-refractivity contribution in [1.29, 1.82) is 0 Å². The number of hydrogen-bond acceptors (Lipinski definition) is 4. The molecule has 1 aromatic carbocycles. The second kappa shape index (κ2) is 6.30. The summed E-state index contributed by atoms with van der Waals surface area (Å²) in [6, 6.07) is 7.99. The van der Waals surface area contributed by atoms with E-state index in [4.69, 9.17) is 0 Å². The number of aromatic nitrogens is 2. The minimum absolute atomic E-state index is 0.0555. The predicted molar refractivity (Wildman–Crippen MR) is 87.9 cm³/mol. The number of para-hydroxylation sites is 2. The molecule has 1 fully saturated rings. The monoisotopic (exact) mass is 319 g/mol. The lowest BCUT2D eigenvalue weighted by Crippen LogP contribution is -2.48. The molecule has 22 heavy (non-hydrogen) atoms. The number of fused-ring (bicyclic) bond motifs is 1. The van der Waals surface area contributed by atoms with E-state index in [9.17, 15) is 9.90 Å². The Bertz CT molecular complexity index is 679. The standard InChI is InChI=1S/C16H21N3O2S/c1-2-19-13-7-4-3-6-12(13)18-15(19)22-10-14(20)17-11-16(21)8-5-9-16/h3-4,6-7,21H,2,5,8-11H2,1H3,(H,17,20). The van der Waals surface area contributed by atoms with Gasteiger partial charge < -0.3 is 15.0 Å². The quantitative estimate of drug-likeness (QED) is 0.801. The van der Waals surface area contributed by atoms with Crippen LogP contribution in [-0.4, -0.2) is 38.5 Å². The number of rotatable bonds is 6. The minimum Gasteiger partial charge on any atom is -0.388 e. The first-order chi connectivity index (χ1) is 10.6. The molecule has 0 unspecified atom stereocenters. The van der Waals surface area contributed by atoms with Gasteiger partial charge in [-0.1, -0.05) is 23.9 Å². The molecule has 1 aliphatic rings. The molecule has 1 amide bonds. The van der Waals surface area contributed by atoms with Crippen LogP contribution in [0, 0.1) is 0 Å². The third-order valence-corrected chi connectivity index (χ3v) is 5.14. The molecule has 0 spiro atoms. The molecule has 0 aliphatic heterocycles. The maximum absolute atomic E-state index is 11.9. The zero-order valence-corrected chi connectivity index (χ0v) is 13.5. The number of aryl methyl sites for hydroxylation is 1. The van der Waals surface area contributed by atoms with E-state index in [2.05, 4.69) is 21.8 Å². The van der Waals surface area contributed by atoms with Crippen molar-refractivity contribution in [1.82, 2.24) is 14.9 Å². The van der Waals surface area contributed by atoms with Crippen LogP contribution in [-0.2, 0) is 11.3 Å². The summed E-state index contributed by atoms with van der Waals surface area (Å²) >= 11 is 1.44. The van der Waals surface area contributed by atoms with E-state index in [-0.39, 0.29) is 5.91 Å². The number of hydrogen-bond donors (Lipinski definition) is 2. The summed E-state index contributed by atoms with van der Waals surface area (Å²) in [5, 5.41) is 13.7. The third-order valence-electron chi connectivity index (χ3n) is 4.17. The van der Waals surface area contributed by atoms with Crippen LogP contribution in [0.3, 0.4) is 0 Å². The Morgan fingerprint density at radius 2 is 2.23 bits per heavy atom. The van der Waals surface area contributed by atoms with Crippen molar-refractivity contribution >= 4 is 28.7 Å². The molecular weight excluding hydrogens is 298 g/mol. The normalized spacial score (nSPS) is 16.5. The number of carbonyl (C=O) groups excluding carboxylic acids is 1. The lowest BCUT2D eigenvalue weighted by molar-refractivity contribution is -0.121. The SMILES string of the molecule is CCn1c(SCC(=O)NCC2(O)CCC2)nc2ccccc21. The van der Waals surface area contributed by atoms with Gasteiger partial charge in [-0.2, -0.15) is 0 Å². The second-order valence-electron chi connectivity index (χ2n) is 5.77. The van der Waals surface area contributed by atoms with Crippen molar-refractivity contribution in [3.63, 3.8) is 0 Å². The summed E-state index contributed by atoms with van der Waals surface area (Å²) in [4.78, 5) is 16.5. The van der Waals surface area contributed by atoms with Gasteiger partial charge in [0.15, 0.2) is 5.16 Å².